The first-order valence-electron chi connectivity index (χ1n) is 3.83. The second-order valence-electron chi connectivity index (χ2n) is 2.84. The number of rotatable bonds is 1. The fourth-order valence-corrected chi connectivity index (χ4v) is 1.46. The van der Waals surface area contributed by atoms with Gasteiger partial charge in [0.15, 0.2) is 17.6 Å². The molecule has 0 unspecified atom stereocenters. The molecule has 1 aromatic rings. The minimum Gasteiger partial charge on any atom is -0.316 e. The molecule has 0 saturated carbocycles. The van der Waals surface area contributed by atoms with Crippen LogP contribution in [0.15, 0.2) is 24.3 Å². The molecule has 4 nitrogen and oxygen atoms in total. The van der Waals surface area contributed by atoms with E-state index in [9.17, 15) is 9.59 Å². The maximum atomic E-state index is 11.4. The summed E-state index contributed by atoms with van der Waals surface area (Å²) < 4.78 is 0. The molecule has 0 spiro atoms. The van der Waals surface area contributed by atoms with Gasteiger partial charge >= 0.3 is 0 Å². The Morgan fingerprint density at radius 3 is 1.92 bits per heavy atom. The lowest BCUT2D eigenvalue weighted by atomic mass is 10.1. The molecule has 0 amide bonds. The van der Waals surface area contributed by atoms with Gasteiger partial charge in [-0.2, -0.15) is 5.48 Å². The number of hydrogen-bond donors (Lipinski definition) is 2. The van der Waals surface area contributed by atoms with E-state index in [1.165, 1.54) is 0 Å². The summed E-state index contributed by atoms with van der Waals surface area (Å²) in [5, 5.41) is 8.59. The monoisotopic (exact) mass is 177 g/mol. The quantitative estimate of drug-likeness (QED) is 0.481. The van der Waals surface area contributed by atoms with E-state index in [4.69, 9.17) is 5.21 Å². The van der Waals surface area contributed by atoms with Crippen LogP contribution < -0.4 is 5.48 Å². The van der Waals surface area contributed by atoms with Gasteiger partial charge in [-0.05, 0) is 0 Å². The van der Waals surface area contributed by atoms with E-state index in [1.807, 2.05) is 0 Å². The van der Waals surface area contributed by atoms with Crippen LogP contribution in [0.5, 0.6) is 0 Å². The summed E-state index contributed by atoms with van der Waals surface area (Å²) >= 11 is 0. The van der Waals surface area contributed by atoms with Crippen LogP contribution in [0.2, 0.25) is 0 Å². The molecule has 66 valence electrons. The van der Waals surface area contributed by atoms with Crippen LogP contribution in [0.3, 0.4) is 0 Å². The molecule has 0 radical (unpaired) electrons. The van der Waals surface area contributed by atoms with Crippen LogP contribution in [0.25, 0.3) is 0 Å². The van der Waals surface area contributed by atoms with E-state index >= 15 is 0 Å². The average Bonchev–Trinajstić information content (AvgIpc) is 2.41. The van der Waals surface area contributed by atoms with Crippen LogP contribution in [-0.2, 0) is 0 Å². The van der Waals surface area contributed by atoms with Gasteiger partial charge in [0.05, 0.1) is 0 Å². The third-order valence-electron chi connectivity index (χ3n) is 2.11. The van der Waals surface area contributed by atoms with Crippen LogP contribution in [0.1, 0.15) is 20.7 Å². The minimum atomic E-state index is -1.11. The van der Waals surface area contributed by atoms with Crippen molar-refractivity contribution >= 4 is 11.6 Å². The van der Waals surface area contributed by atoms with E-state index in [0.29, 0.717) is 11.1 Å². The molecule has 13 heavy (non-hydrogen) atoms. The number of carbonyl (C=O) groups excluding carboxylic acids is 2. The predicted octanol–water partition coefficient (Wildman–Crippen LogP) is 0.413. The van der Waals surface area contributed by atoms with Crippen LogP contribution in [0, 0.1) is 0 Å². The number of carbonyl (C=O) groups is 2. The summed E-state index contributed by atoms with van der Waals surface area (Å²) in [6.45, 7) is 0. The molecule has 1 aromatic carbocycles. The molecule has 1 aliphatic carbocycles. The van der Waals surface area contributed by atoms with E-state index in [-0.39, 0.29) is 11.6 Å². The van der Waals surface area contributed by atoms with Gasteiger partial charge in [0.1, 0.15) is 0 Å². The Balaban J connectivity index is 2.57. The Morgan fingerprint density at radius 1 is 1.08 bits per heavy atom. The van der Waals surface area contributed by atoms with E-state index in [0.717, 1.165) is 0 Å². The van der Waals surface area contributed by atoms with Gasteiger partial charge in [-0.1, -0.05) is 24.3 Å². The minimum absolute atomic E-state index is 0.372. The normalized spacial score (nSPS) is 16.4. The average molecular weight is 177 g/mol. The largest absolute Gasteiger partial charge is 0.316 e. The number of hydroxylamine groups is 1. The van der Waals surface area contributed by atoms with Gasteiger partial charge in [0.25, 0.3) is 0 Å². The first-order chi connectivity index (χ1) is 6.25. The van der Waals surface area contributed by atoms with Gasteiger partial charge in [0, 0.05) is 11.1 Å². The Bertz CT molecular complexity index is 351. The van der Waals surface area contributed by atoms with Crippen molar-refractivity contribution in [2.75, 3.05) is 0 Å². The highest BCUT2D eigenvalue weighted by molar-refractivity contribution is 6.29. The van der Waals surface area contributed by atoms with Gasteiger partial charge in [-0.3, -0.25) is 9.59 Å². The smallest absolute Gasteiger partial charge is 0.190 e. The molecule has 0 fully saturated rings. The fourth-order valence-electron chi connectivity index (χ4n) is 1.46. The van der Waals surface area contributed by atoms with Crippen molar-refractivity contribution < 1.29 is 14.8 Å². The molecule has 0 heterocycles. The second-order valence-corrected chi connectivity index (χ2v) is 2.84. The highest BCUT2D eigenvalue weighted by atomic mass is 16.5. The first-order valence-corrected chi connectivity index (χ1v) is 3.83. The Labute approximate surface area is 74.1 Å². The molecule has 0 bridgehead atoms. The van der Waals surface area contributed by atoms with Crippen molar-refractivity contribution in [3.63, 3.8) is 0 Å². The zero-order chi connectivity index (χ0) is 9.42. The Kier molecular flexibility index (Phi) is 1.72. The van der Waals surface area contributed by atoms with Crippen LogP contribution in [0.4, 0.5) is 0 Å². The molecule has 0 saturated heterocycles. The molecule has 2 N–H and O–H groups in total. The molecule has 2 rings (SSSR count). The number of fused-ring (bicyclic) bond motifs is 1. The van der Waals surface area contributed by atoms with Gasteiger partial charge in [0.2, 0.25) is 0 Å². The van der Waals surface area contributed by atoms with Crippen molar-refractivity contribution in [3.8, 4) is 0 Å². The summed E-state index contributed by atoms with van der Waals surface area (Å²) in [5.41, 5.74) is 2.46. The van der Waals surface area contributed by atoms with Crippen molar-refractivity contribution in [2.45, 2.75) is 6.04 Å². The van der Waals surface area contributed by atoms with E-state index < -0.39 is 6.04 Å². The zero-order valence-corrected chi connectivity index (χ0v) is 6.65. The lowest BCUT2D eigenvalue weighted by Gasteiger charge is -2.00. The summed E-state index contributed by atoms with van der Waals surface area (Å²) in [5.74, 6) is -0.744. The Morgan fingerprint density at radius 2 is 1.54 bits per heavy atom. The predicted molar refractivity (Wildman–Crippen MR) is 43.8 cm³/mol. The molecule has 1 aliphatic rings. The highest BCUT2D eigenvalue weighted by Crippen LogP contribution is 2.21. The zero-order valence-electron chi connectivity index (χ0n) is 6.65. The van der Waals surface area contributed by atoms with Gasteiger partial charge in [-0.15, -0.1) is 0 Å². The van der Waals surface area contributed by atoms with E-state index in [1.54, 1.807) is 29.7 Å². The number of nitrogens with one attached hydrogen (secondary N) is 1. The summed E-state index contributed by atoms with van der Waals surface area (Å²) in [7, 11) is 0. The van der Waals surface area contributed by atoms with Crippen LogP contribution >= 0.6 is 0 Å². The maximum Gasteiger partial charge on any atom is 0.190 e. The number of ketones is 2. The van der Waals surface area contributed by atoms with E-state index in [2.05, 4.69) is 0 Å². The standard InChI is InChI=1S/C9H7NO3/c11-8-5-3-1-2-4-6(5)9(12)7(8)10-13/h1-4,7,10,13H. The van der Waals surface area contributed by atoms with Crippen molar-refractivity contribution in [2.24, 2.45) is 0 Å². The second kappa shape index (κ2) is 2.76. The fraction of sp³-hybridized carbons (Fsp3) is 0.111. The number of benzene rings is 1. The lowest BCUT2D eigenvalue weighted by molar-refractivity contribution is 0.0690. The Hall–Kier alpha value is -1.52. The van der Waals surface area contributed by atoms with Crippen molar-refractivity contribution in [1.29, 1.82) is 0 Å². The third kappa shape index (κ3) is 0.998. The third-order valence-corrected chi connectivity index (χ3v) is 2.11. The number of Topliss-reactive ketones (excluding diaryl/α,β-unsaturated/α-hetero) is 2. The summed E-state index contributed by atoms with van der Waals surface area (Å²) in [6, 6.07) is 5.41. The van der Waals surface area contributed by atoms with Gasteiger partial charge < -0.3 is 5.21 Å². The van der Waals surface area contributed by atoms with Crippen molar-refractivity contribution in [1.82, 2.24) is 5.48 Å². The van der Waals surface area contributed by atoms with Crippen LogP contribution in [-0.4, -0.2) is 22.8 Å². The molecular weight excluding hydrogens is 170 g/mol. The molecule has 4 heteroatoms. The van der Waals surface area contributed by atoms with Crippen molar-refractivity contribution in [3.05, 3.63) is 35.4 Å². The lowest BCUT2D eigenvalue weighted by Crippen LogP contribution is -2.36. The SMILES string of the molecule is O=C1c2ccccc2C(=O)C1NO. The molecule has 0 aliphatic heterocycles. The highest BCUT2D eigenvalue weighted by Gasteiger charge is 2.37. The number of hydrogen-bond acceptors (Lipinski definition) is 4. The summed E-state index contributed by atoms with van der Waals surface area (Å²) in [6.07, 6.45) is 0. The molecule has 0 aromatic heterocycles. The summed E-state index contributed by atoms with van der Waals surface area (Å²) in [4.78, 5) is 22.8. The topological polar surface area (TPSA) is 66.4 Å². The molecule has 0 atom stereocenters. The van der Waals surface area contributed by atoms with Gasteiger partial charge in [-0.25, -0.2) is 0 Å². The molecular formula is C9H7NO3. The first kappa shape index (κ1) is 8.10. The maximum absolute atomic E-state index is 11.4.